The van der Waals surface area contributed by atoms with Gasteiger partial charge in [-0.05, 0) is 0 Å². The highest BCUT2D eigenvalue weighted by Crippen LogP contribution is 2.32. The molecule has 0 spiro atoms. The van der Waals surface area contributed by atoms with E-state index in [1.165, 1.54) is 0 Å². The Labute approximate surface area is 199 Å². The van der Waals surface area contributed by atoms with Crippen LogP contribution in [0.4, 0.5) is 0 Å². The first-order valence-corrected chi connectivity index (χ1v) is 11.0. The van der Waals surface area contributed by atoms with Gasteiger partial charge >= 0.3 is 0 Å². The van der Waals surface area contributed by atoms with Crippen molar-refractivity contribution in [3.63, 3.8) is 0 Å². The van der Waals surface area contributed by atoms with Gasteiger partial charge in [0.25, 0.3) is 0 Å². The molecule has 3 aliphatic heterocycles. The van der Waals surface area contributed by atoms with Crippen LogP contribution in [0.25, 0.3) is 0 Å². The van der Waals surface area contributed by atoms with E-state index in [9.17, 15) is 40.9 Å². The molecule has 3 aliphatic rings. The van der Waals surface area contributed by atoms with Crippen LogP contribution in [-0.4, -0.2) is 152 Å². The summed E-state index contributed by atoms with van der Waals surface area (Å²) in [4.78, 5) is 0. The van der Waals surface area contributed by atoms with E-state index in [-0.39, 0.29) is 0 Å². The fourth-order valence-electron chi connectivity index (χ4n) is 4.28. The molecule has 3 heterocycles. The van der Waals surface area contributed by atoms with Crippen molar-refractivity contribution in [2.45, 2.75) is 91.6 Å². The molecule has 0 radical (unpaired) electrons. The van der Waals surface area contributed by atoms with Crippen LogP contribution < -0.4 is 22.9 Å². The molecule has 17 heteroatoms. The predicted octanol–water partition coefficient (Wildman–Crippen LogP) is -8.39. The van der Waals surface area contributed by atoms with E-state index >= 15 is 0 Å². The molecule has 3 fully saturated rings. The Kier molecular flexibility index (Phi) is 9.39. The van der Waals surface area contributed by atoms with Crippen LogP contribution >= 0.6 is 0 Å². The lowest BCUT2D eigenvalue weighted by Crippen LogP contribution is -2.74. The molecule has 0 aromatic carbocycles. The molecule has 3 rings (SSSR count). The van der Waals surface area contributed by atoms with Crippen molar-refractivity contribution in [3.05, 3.63) is 0 Å². The van der Waals surface area contributed by atoms with Crippen molar-refractivity contribution in [3.8, 4) is 0 Å². The van der Waals surface area contributed by atoms with Crippen LogP contribution in [0, 0.1) is 0 Å². The maximum atomic E-state index is 10.8. The first-order valence-electron chi connectivity index (χ1n) is 11.0. The molecule has 0 aromatic rings. The second-order valence-corrected chi connectivity index (χ2v) is 8.90. The summed E-state index contributed by atoms with van der Waals surface area (Å²) >= 11 is 0. The Morgan fingerprint density at radius 1 is 0.686 bits per heavy atom. The number of aliphatic hydroxyl groups is 8. The van der Waals surface area contributed by atoms with Crippen LogP contribution in [-0.2, 0) is 23.7 Å². The van der Waals surface area contributed by atoms with Gasteiger partial charge in [-0.25, -0.2) is 0 Å². The molecule has 0 aromatic heterocycles. The van der Waals surface area contributed by atoms with E-state index in [4.69, 9.17) is 46.6 Å². The summed E-state index contributed by atoms with van der Waals surface area (Å²) in [6.45, 7) is -2.19. The van der Waals surface area contributed by atoms with Gasteiger partial charge in [0.15, 0.2) is 24.6 Å². The van der Waals surface area contributed by atoms with Crippen molar-refractivity contribution < 1.29 is 64.5 Å². The quantitative estimate of drug-likeness (QED) is 0.140. The Bertz CT molecular complexity index is 687. The average molecular weight is 517 g/mol. The largest absolute Gasteiger partial charge is 0.394 e. The van der Waals surface area contributed by atoms with Gasteiger partial charge in [0.2, 0.25) is 0 Å². The number of hydrogen-bond acceptors (Lipinski definition) is 17. The summed E-state index contributed by atoms with van der Waals surface area (Å²) in [7, 11) is 0. The van der Waals surface area contributed by atoms with Crippen molar-refractivity contribution >= 4 is 0 Å². The highest BCUT2D eigenvalue weighted by atomic mass is 16.7. The number of rotatable bonds is 7. The number of ether oxygens (including phenoxy) is 5. The zero-order valence-electron chi connectivity index (χ0n) is 18.6. The zero-order valence-corrected chi connectivity index (χ0v) is 18.6. The van der Waals surface area contributed by atoms with E-state index in [1.54, 1.807) is 0 Å². The first-order chi connectivity index (χ1) is 16.4. The highest BCUT2D eigenvalue weighted by molar-refractivity contribution is 5.01. The maximum absolute atomic E-state index is 10.8. The standard InChI is InChI=1S/C18H36N4O13/c19-7-10(26)12(4(1-23)31-15(7)29)34-16-8(20)11(27)13(5(2-24)32-16)35-17-9(21)14(28)18(22,30)6(3-25)33-17/h4-17,23-30H,1-3,19-22H2/t4-,5-,6-,7-,8-,9-,10-,11-,12?,13?,14-,15-,16+,17-,18-/m1/s1. The van der Waals surface area contributed by atoms with Gasteiger partial charge in [-0.15, -0.1) is 0 Å². The summed E-state index contributed by atoms with van der Waals surface area (Å²) in [6, 6.07) is -4.08. The molecule has 16 N–H and O–H groups in total. The lowest BCUT2D eigenvalue weighted by Gasteiger charge is -2.50. The summed E-state index contributed by atoms with van der Waals surface area (Å²) in [5, 5.41) is 80.2. The fraction of sp³-hybridized carbons (Fsp3) is 1.00. The minimum absolute atomic E-state index is 0.663. The Hall–Kier alpha value is -0.680. The van der Waals surface area contributed by atoms with Crippen molar-refractivity contribution in [1.29, 1.82) is 0 Å². The number of nitrogens with two attached hydrogens (primary N) is 4. The SMILES string of the molecule is N[C@H]1[C@@H](OC2[C@@H](CO)O[C@@H](OC3[C@@H](CO)O[C@@H](O)[C@H](N)[C@H]3O)[C@H](N)[C@H]2O)O[C@H](CO)[C@@](N)(O)[C@@H]1O. The molecule has 15 atom stereocenters. The summed E-state index contributed by atoms with van der Waals surface area (Å²) in [5.74, 6) is 0. The molecule has 0 amide bonds. The van der Waals surface area contributed by atoms with Gasteiger partial charge in [0.1, 0.15) is 48.8 Å². The molecule has 3 saturated heterocycles. The molecule has 206 valence electrons. The van der Waals surface area contributed by atoms with E-state index in [0.29, 0.717) is 0 Å². The molecular weight excluding hydrogens is 480 g/mol. The smallest absolute Gasteiger partial charge is 0.176 e. The second-order valence-electron chi connectivity index (χ2n) is 8.90. The van der Waals surface area contributed by atoms with Gasteiger partial charge in [-0.1, -0.05) is 0 Å². The lowest BCUT2D eigenvalue weighted by atomic mass is 9.91. The van der Waals surface area contributed by atoms with Crippen molar-refractivity contribution in [1.82, 2.24) is 0 Å². The minimum Gasteiger partial charge on any atom is -0.394 e. The Balaban J connectivity index is 1.73. The van der Waals surface area contributed by atoms with E-state index < -0.39 is 111 Å². The van der Waals surface area contributed by atoms with Crippen LogP contribution in [0.1, 0.15) is 0 Å². The van der Waals surface area contributed by atoms with Crippen molar-refractivity contribution in [2.24, 2.45) is 22.9 Å². The normalized spacial score (nSPS) is 53.5. The predicted molar refractivity (Wildman–Crippen MR) is 110 cm³/mol. The van der Waals surface area contributed by atoms with Gasteiger partial charge < -0.3 is 81.7 Å². The summed E-state index contributed by atoms with van der Waals surface area (Å²) in [6.07, 6.45) is -16.2. The number of aliphatic hydroxyl groups excluding tert-OH is 7. The van der Waals surface area contributed by atoms with Gasteiger partial charge in [-0.2, -0.15) is 0 Å². The molecule has 35 heavy (non-hydrogen) atoms. The van der Waals surface area contributed by atoms with Crippen LogP contribution in [0.5, 0.6) is 0 Å². The highest BCUT2D eigenvalue weighted by Gasteiger charge is 2.55. The lowest BCUT2D eigenvalue weighted by molar-refractivity contribution is -0.355. The molecule has 0 saturated carbocycles. The Morgan fingerprint density at radius 3 is 1.69 bits per heavy atom. The molecule has 2 unspecified atom stereocenters. The van der Waals surface area contributed by atoms with Gasteiger partial charge in [0, 0.05) is 0 Å². The third kappa shape index (κ3) is 5.47. The molecular formula is C18H36N4O13. The van der Waals surface area contributed by atoms with Crippen LogP contribution in [0.3, 0.4) is 0 Å². The fourth-order valence-corrected chi connectivity index (χ4v) is 4.28. The van der Waals surface area contributed by atoms with Gasteiger partial charge in [-0.3, -0.25) is 5.73 Å². The zero-order chi connectivity index (χ0) is 26.2. The third-order valence-corrected chi connectivity index (χ3v) is 6.54. The minimum atomic E-state index is -2.39. The molecule has 17 nitrogen and oxygen atoms in total. The summed E-state index contributed by atoms with van der Waals surface area (Å²) in [5.41, 5.74) is 20.8. The second kappa shape index (κ2) is 11.4. The van der Waals surface area contributed by atoms with E-state index in [0.717, 1.165) is 0 Å². The van der Waals surface area contributed by atoms with E-state index in [1.807, 2.05) is 0 Å². The third-order valence-electron chi connectivity index (χ3n) is 6.54. The summed E-state index contributed by atoms with van der Waals surface area (Å²) < 4.78 is 27.4. The van der Waals surface area contributed by atoms with Crippen LogP contribution in [0.2, 0.25) is 0 Å². The van der Waals surface area contributed by atoms with Crippen molar-refractivity contribution in [2.75, 3.05) is 19.8 Å². The molecule has 0 bridgehead atoms. The first kappa shape index (κ1) is 28.9. The van der Waals surface area contributed by atoms with Crippen LogP contribution in [0.15, 0.2) is 0 Å². The van der Waals surface area contributed by atoms with Gasteiger partial charge in [0.05, 0.1) is 37.9 Å². The Morgan fingerprint density at radius 2 is 1.17 bits per heavy atom. The monoisotopic (exact) mass is 516 g/mol. The van der Waals surface area contributed by atoms with E-state index in [2.05, 4.69) is 0 Å². The number of hydrogen-bond donors (Lipinski definition) is 12. The average Bonchev–Trinajstić information content (AvgIpc) is 2.83. The maximum Gasteiger partial charge on any atom is 0.176 e. The molecule has 0 aliphatic carbocycles. The topological polar surface area (TPSA) is 312 Å².